The molecule has 0 heterocycles. The lowest BCUT2D eigenvalue weighted by Crippen LogP contribution is -2.36. The van der Waals surface area contributed by atoms with E-state index in [0.717, 1.165) is 16.9 Å². The minimum absolute atomic E-state index is 0. The van der Waals surface area contributed by atoms with Gasteiger partial charge in [0.1, 0.15) is 5.75 Å². The van der Waals surface area contributed by atoms with Gasteiger partial charge in [0, 0.05) is 25.7 Å². The number of benzene rings is 2. The van der Waals surface area contributed by atoms with E-state index in [4.69, 9.17) is 4.74 Å². The lowest BCUT2D eigenvalue weighted by atomic mass is 10.1. The fourth-order valence-electron chi connectivity index (χ4n) is 2.42. The predicted octanol–water partition coefficient (Wildman–Crippen LogP) is 4.11. The van der Waals surface area contributed by atoms with E-state index in [9.17, 15) is 9.50 Å². The van der Waals surface area contributed by atoms with Gasteiger partial charge in [0.2, 0.25) is 0 Å². The monoisotopic (exact) mass is 487 g/mol. The molecule has 0 saturated heterocycles. The summed E-state index contributed by atoms with van der Waals surface area (Å²) >= 11 is 0. The van der Waals surface area contributed by atoms with Crippen molar-refractivity contribution in [3.8, 4) is 11.5 Å². The van der Waals surface area contributed by atoms with Crippen LogP contribution in [0.3, 0.4) is 0 Å². The van der Waals surface area contributed by atoms with Crippen molar-refractivity contribution in [2.75, 3.05) is 7.05 Å². The molecule has 2 rings (SSSR count). The van der Waals surface area contributed by atoms with Crippen molar-refractivity contribution in [1.29, 1.82) is 0 Å². The molecule has 3 N–H and O–H groups in total. The van der Waals surface area contributed by atoms with Crippen LogP contribution in [-0.4, -0.2) is 24.2 Å². The van der Waals surface area contributed by atoms with E-state index in [1.165, 1.54) is 12.1 Å². The molecule has 2 aromatic rings. The molecular formula is C20H27FIN3O2. The molecule has 0 aliphatic rings. The van der Waals surface area contributed by atoms with E-state index in [1.54, 1.807) is 13.1 Å². The largest absolute Gasteiger partial charge is 0.505 e. The Morgan fingerprint density at radius 1 is 1.15 bits per heavy atom. The van der Waals surface area contributed by atoms with Crippen LogP contribution in [0.25, 0.3) is 0 Å². The maximum Gasteiger partial charge on any atom is 0.191 e. The Balaban J connectivity index is 0.00000364. The van der Waals surface area contributed by atoms with Gasteiger partial charge < -0.3 is 20.5 Å². The van der Waals surface area contributed by atoms with Gasteiger partial charge in [0.15, 0.2) is 17.5 Å². The van der Waals surface area contributed by atoms with Gasteiger partial charge in [-0.15, -0.1) is 24.0 Å². The van der Waals surface area contributed by atoms with Gasteiger partial charge in [-0.1, -0.05) is 18.2 Å². The van der Waals surface area contributed by atoms with Gasteiger partial charge in [0.05, 0.1) is 6.10 Å². The number of hydrogen-bond acceptors (Lipinski definition) is 3. The van der Waals surface area contributed by atoms with Crippen LogP contribution < -0.4 is 15.4 Å². The first kappa shape index (κ1) is 23.0. The molecule has 0 unspecified atom stereocenters. The van der Waals surface area contributed by atoms with Crippen molar-refractivity contribution >= 4 is 29.9 Å². The number of aliphatic imine (C=N–C) groups is 1. The summed E-state index contributed by atoms with van der Waals surface area (Å²) in [7, 11) is 1.67. The van der Waals surface area contributed by atoms with E-state index in [-0.39, 0.29) is 35.8 Å². The highest BCUT2D eigenvalue weighted by molar-refractivity contribution is 14.0. The number of hydrogen-bond donors (Lipinski definition) is 3. The van der Waals surface area contributed by atoms with Crippen LogP contribution in [0.5, 0.6) is 11.5 Å². The summed E-state index contributed by atoms with van der Waals surface area (Å²) in [6, 6.07) is 10.4. The number of phenols is 1. The first-order chi connectivity index (χ1) is 12.4. The van der Waals surface area contributed by atoms with E-state index in [1.807, 2.05) is 39.0 Å². The SMILES string of the molecule is CN=C(NCc1ccc(O)c(F)c1)NCc1ccc(C)cc1OC(C)C.I. The second-order valence-corrected chi connectivity index (χ2v) is 6.34. The Hall–Kier alpha value is -2.03. The molecule has 2 aromatic carbocycles. The topological polar surface area (TPSA) is 65.9 Å². The summed E-state index contributed by atoms with van der Waals surface area (Å²) in [5.41, 5.74) is 2.88. The lowest BCUT2D eigenvalue weighted by Gasteiger charge is -2.17. The average Bonchev–Trinajstić information content (AvgIpc) is 2.59. The second kappa shape index (κ2) is 11.0. The quantitative estimate of drug-likeness (QED) is 0.326. The van der Waals surface area contributed by atoms with Crippen LogP contribution in [-0.2, 0) is 13.1 Å². The first-order valence-electron chi connectivity index (χ1n) is 8.57. The van der Waals surface area contributed by atoms with Crippen molar-refractivity contribution in [3.63, 3.8) is 0 Å². The smallest absolute Gasteiger partial charge is 0.191 e. The van der Waals surface area contributed by atoms with E-state index >= 15 is 0 Å². The maximum atomic E-state index is 13.4. The molecule has 0 atom stereocenters. The number of ether oxygens (including phenoxy) is 1. The molecule has 0 radical (unpaired) electrons. The Kier molecular flexibility index (Phi) is 9.34. The van der Waals surface area contributed by atoms with Crippen molar-refractivity contribution < 1.29 is 14.2 Å². The van der Waals surface area contributed by atoms with Crippen LogP contribution in [0.15, 0.2) is 41.4 Å². The summed E-state index contributed by atoms with van der Waals surface area (Å²) in [4.78, 5) is 4.18. The van der Waals surface area contributed by atoms with E-state index in [0.29, 0.717) is 24.6 Å². The van der Waals surface area contributed by atoms with E-state index in [2.05, 4.69) is 15.6 Å². The van der Waals surface area contributed by atoms with Crippen molar-refractivity contribution in [1.82, 2.24) is 10.6 Å². The molecule has 5 nitrogen and oxygen atoms in total. The molecule has 0 aromatic heterocycles. The van der Waals surface area contributed by atoms with Crippen LogP contribution in [0.1, 0.15) is 30.5 Å². The van der Waals surface area contributed by atoms with Crippen LogP contribution >= 0.6 is 24.0 Å². The third kappa shape index (κ3) is 7.24. The van der Waals surface area contributed by atoms with Crippen molar-refractivity contribution in [2.24, 2.45) is 4.99 Å². The highest BCUT2D eigenvalue weighted by atomic mass is 127. The van der Waals surface area contributed by atoms with Gasteiger partial charge in [-0.3, -0.25) is 4.99 Å². The molecule has 0 amide bonds. The number of aromatic hydroxyl groups is 1. The van der Waals surface area contributed by atoms with Gasteiger partial charge in [-0.25, -0.2) is 4.39 Å². The van der Waals surface area contributed by atoms with Gasteiger partial charge in [-0.2, -0.15) is 0 Å². The summed E-state index contributed by atoms with van der Waals surface area (Å²) in [6.45, 7) is 6.96. The Bertz CT molecular complexity index is 782. The molecule has 0 bridgehead atoms. The fourth-order valence-corrected chi connectivity index (χ4v) is 2.42. The maximum absolute atomic E-state index is 13.4. The third-order valence-corrected chi connectivity index (χ3v) is 3.73. The minimum Gasteiger partial charge on any atom is -0.505 e. The first-order valence-corrected chi connectivity index (χ1v) is 8.57. The van der Waals surface area contributed by atoms with Crippen LogP contribution in [0.2, 0.25) is 0 Å². The van der Waals surface area contributed by atoms with Gasteiger partial charge in [-0.05, 0) is 50.1 Å². The number of phenolic OH excluding ortho intramolecular Hbond substituents is 1. The Morgan fingerprint density at radius 2 is 1.85 bits per heavy atom. The number of guanidine groups is 1. The fraction of sp³-hybridized carbons (Fsp3) is 0.350. The summed E-state index contributed by atoms with van der Waals surface area (Å²) in [5.74, 6) is 0.453. The minimum atomic E-state index is -0.637. The van der Waals surface area contributed by atoms with Crippen LogP contribution in [0, 0.1) is 12.7 Å². The number of aryl methyl sites for hydroxylation is 1. The van der Waals surface area contributed by atoms with Gasteiger partial charge in [0.25, 0.3) is 0 Å². The second-order valence-electron chi connectivity index (χ2n) is 6.34. The molecule has 7 heteroatoms. The third-order valence-electron chi connectivity index (χ3n) is 3.73. The van der Waals surface area contributed by atoms with Crippen molar-refractivity contribution in [2.45, 2.75) is 40.0 Å². The average molecular weight is 487 g/mol. The highest BCUT2D eigenvalue weighted by Crippen LogP contribution is 2.21. The predicted molar refractivity (Wildman–Crippen MR) is 117 cm³/mol. The molecule has 0 aliphatic carbocycles. The van der Waals surface area contributed by atoms with Crippen LogP contribution in [0.4, 0.5) is 4.39 Å². The molecule has 27 heavy (non-hydrogen) atoms. The molecule has 0 aliphatic heterocycles. The zero-order valence-electron chi connectivity index (χ0n) is 16.0. The Morgan fingerprint density at radius 3 is 2.48 bits per heavy atom. The highest BCUT2D eigenvalue weighted by Gasteiger charge is 2.08. The lowest BCUT2D eigenvalue weighted by molar-refractivity contribution is 0.239. The molecule has 0 fully saturated rings. The number of rotatable bonds is 6. The van der Waals surface area contributed by atoms with Gasteiger partial charge >= 0.3 is 0 Å². The molecule has 0 spiro atoms. The molecule has 0 saturated carbocycles. The molecule has 148 valence electrons. The summed E-state index contributed by atoms with van der Waals surface area (Å²) < 4.78 is 19.3. The number of halogens is 2. The number of nitrogens with zero attached hydrogens (tertiary/aromatic N) is 1. The normalized spacial score (nSPS) is 11.1. The summed E-state index contributed by atoms with van der Waals surface area (Å²) in [5, 5.41) is 15.6. The zero-order valence-corrected chi connectivity index (χ0v) is 18.4. The Labute approximate surface area is 177 Å². The summed E-state index contributed by atoms with van der Waals surface area (Å²) in [6.07, 6.45) is 0.0948. The number of nitrogens with one attached hydrogen (secondary N) is 2. The standard InChI is InChI=1S/C20H26FN3O2.HI/c1-13(2)26-19-9-14(3)5-7-16(19)12-24-20(22-4)23-11-15-6-8-18(25)17(21)10-15;/h5-10,13,25H,11-12H2,1-4H3,(H2,22,23,24);1H. The van der Waals surface area contributed by atoms with E-state index < -0.39 is 5.82 Å². The zero-order chi connectivity index (χ0) is 19.1. The molecular weight excluding hydrogens is 460 g/mol. The van der Waals surface area contributed by atoms with Crippen molar-refractivity contribution in [3.05, 3.63) is 58.9 Å².